The number of nitrogens with two attached hydrogens (primary N) is 1. The van der Waals surface area contributed by atoms with E-state index in [9.17, 15) is 8.78 Å². The Morgan fingerprint density at radius 3 is 2.45 bits per heavy atom. The summed E-state index contributed by atoms with van der Waals surface area (Å²) in [5.74, 6) is -2.15. The molecule has 2 nitrogen and oxygen atoms in total. The zero-order chi connectivity index (χ0) is 14.9. The Morgan fingerprint density at radius 1 is 1.20 bits per heavy atom. The minimum absolute atomic E-state index is 0.163. The van der Waals surface area contributed by atoms with Gasteiger partial charge in [-0.25, -0.2) is 4.39 Å². The van der Waals surface area contributed by atoms with Gasteiger partial charge in [-0.15, -0.1) is 11.3 Å². The molecule has 1 aromatic carbocycles. The van der Waals surface area contributed by atoms with Crippen LogP contribution in [-0.2, 0) is 0 Å². The SMILES string of the molecule is CC(N)C(Oc1cc(Br)cc(F)c1F)c1cc(Br)cs1. The Bertz CT molecular complexity index is 618. The smallest absolute Gasteiger partial charge is 0.200 e. The van der Waals surface area contributed by atoms with Crippen molar-refractivity contribution in [2.45, 2.75) is 19.1 Å². The first-order valence-corrected chi connectivity index (χ1v) is 8.15. The lowest BCUT2D eigenvalue weighted by molar-refractivity contribution is 0.174. The second-order valence-corrected chi connectivity index (χ2v) is 7.04. The monoisotopic (exact) mass is 425 g/mol. The van der Waals surface area contributed by atoms with Gasteiger partial charge in [-0.05, 0) is 41.1 Å². The summed E-state index contributed by atoms with van der Waals surface area (Å²) in [6.45, 7) is 1.75. The van der Waals surface area contributed by atoms with Crippen molar-refractivity contribution in [3.63, 3.8) is 0 Å². The maximum Gasteiger partial charge on any atom is 0.200 e. The van der Waals surface area contributed by atoms with Crippen molar-refractivity contribution in [2.75, 3.05) is 0 Å². The van der Waals surface area contributed by atoms with Crippen LogP contribution >= 0.6 is 43.2 Å². The third kappa shape index (κ3) is 3.58. The maximum atomic E-state index is 13.8. The molecule has 0 saturated carbocycles. The fraction of sp³-hybridized carbons (Fsp3) is 0.231. The van der Waals surface area contributed by atoms with Crippen LogP contribution in [0.2, 0.25) is 0 Å². The Kier molecular flexibility index (Phi) is 5.17. The molecule has 2 atom stereocenters. The highest BCUT2D eigenvalue weighted by atomic mass is 79.9. The average molecular weight is 427 g/mol. The van der Waals surface area contributed by atoms with Crippen molar-refractivity contribution >= 4 is 43.2 Å². The molecular formula is C13H11Br2F2NOS. The molecule has 1 aromatic heterocycles. The maximum absolute atomic E-state index is 13.8. The van der Waals surface area contributed by atoms with Crippen LogP contribution in [0.15, 0.2) is 32.5 Å². The lowest BCUT2D eigenvalue weighted by atomic mass is 10.1. The predicted molar refractivity (Wildman–Crippen MR) is 83.1 cm³/mol. The first-order valence-electron chi connectivity index (χ1n) is 5.69. The molecule has 7 heteroatoms. The van der Waals surface area contributed by atoms with Gasteiger partial charge >= 0.3 is 0 Å². The van der Waals surface area contributed by atoms with E-state index in [-0.39, 0.29) is 11.8 Å². The lowest BCUT2D eigenvalue weighted by Crippen LogP contribution is -2.28. The van der Waals surface area contributed by atoms with Gasteiger partial charge in [0.05, 0.1) is 0 Å². The van der Waals surface area contributed by atoms with E-state index in [1.54, 1.807) is 6.92 Å². The van der Waals surface area contributed by atoms with Crippen molar-refractivity contribution in [1.29, 1.82) is 0 Å². The van der Waals surface area contributed by atoms with Crippen LogP contribution < -0.4 is 10.5 Å². The Hall–Kier alpha value is -0.500. The molecular weight excluding hydrogens is 416 g/mol. The van der Waals surface area contributed by atoms with Crippen LogP contribution in [0.4, 0.5) is 8.78 Å². The molecule has 2 unspecified atom stereocenters. The van der Waals surface area contributed by atoms with Gasteiger partial charge < -0.3 is 10.5 Å². The van der Waals surface area contributed by atoms with Crippen LogP contribution in [0.1, 0.15) is 17.9 Å². The van der Waals surface area contributed by atoms with Gasteiger partial charge in [0, 0.05) is 25.2 Å². The third-order valence-corrected chi connectivity index (χ3v) is 4.77. The summed E-state index contributed by atoms with van der Waals surface area (Å²) in [5, 5.41) is 1.88. The summed E-state index contributed by atoms with van der Waals surface area (Å²) in [4.78, 5) is 0.839. The molecule has 2 rings (SSSR count). The van der Waals surface area contributed by atoms with Crippen molar-refractivity contribution in [3.8, 4) is 5.75 Å². The molecule has 0 amide bonds. The Labute approximate surface area is 136 Å². The Balaban J connectivity index is 2.34. The van der Waals surface area contributed by atoms with Gasteiger partial charge in [-0.2, -0.15) is 4.39 Å². The predicted octanol–water partition coefficient (Wildman–Crippen LogP) is 5.02. The largest absolute Gasteiger partial charge is 0.480 e. The molecule has 0 aliphatic heterocycles. The zero-order valence-electron chi connectivity index (χ0n) is 10.4. The van der Waals surface area contributed by atoms with Crippen LogP contribution in [-0.4, -0.2) is 6.04 Å². The van der Waals surface area contributed by atoms with Gasteiger partial charge in [0.15, 0.2) is 11.6 Å². The Morgan fingerprint density at radius 2 is 1.90 bits per heavy atom. The van der Waals surface area contributed by atoms with Crippen molar-refractivity contribution in [3.05, 3.63) is 49.0 Å². The number of thiophene rings is 1. The van der Waals surface area contributed by atoms with Crippen LogP contribution in [0.3, 0.4) is 0 Å². The number of hydrogen-bond acceptors (Lipinski definition) is 3. The van der Waals surface area contributed by atoms with E-state index < -0.39 is 17.7 Å². The van der Waals surface area contributed by atoms with Crippen LogP contribution in [0.5, 0.6) is 5.75 Å². The van der Waals surface area contributed by atoms with Crippen LogP contribution in [0, 0.1) is 11.6 Å². The highest BCUT2D eigenvalue weighted by Gasteiger charge is 2.23. The topological polar surface area (TPSA) is 35.2 Å². The molecule has 0 bridgehead atoms. The van der Waals surface area contributed by atoms with Crippen molar-refractivity contribution in [2.24, 2.45) is 5.73 Å². The summed E-state index contributed by atoms with van der Waals surface area (Å²) in [7, 11) is 0. The fourth-order valence-electron chi connectivity index (χ4n) is 1.66. The summed E-state index contributed by atoms with van der Waals surface area (Å²) < 4.78 is 34.0. The number of hydrogen-bond donors (Lipinski definition) is 1. The van der Waals surface area contributed by atoms with Gasteiger partial charge in [0.1, 0.15) is 6.10 Å². The first-order chi connectivity index (χ1) is 9.38. The molecule has 0 spiro atoms. The van der Waals surface area contributed by atoms with Crippen molar-refractivity contribution < 1.29 is 13.5 Å². The standard InChI is InChI=1S/C13H11Br2F2NOS/c1-6(18)13(11-4-8(15)5-20-11)19-10-3-7(14)2-9(16)12(10)17/h2-6,13H,18H2,1H3. The van der Waals surface area contributed by atoms with Crippen molar-refractivity contribution in [1.82, 2.24) is 0 Å². The molecule has 1 heterocycles. The normalized spacial score (nSPS) is 14.1. The number of halogens is 4. The van der Waals surface area contributed by atoms with E-state index in [4.69, 9.17) is 10.5 Å². The zero-order valence-corrected chi connectivity index (χ0v) is 14.4. The van der Waals surface area contributed by atoms with Gasteiger partial charge in [-0.3, -0.25) is 0 Å². The minimum atomic E-state index is -1.02. The highest BCUT2D eigenvalue weighted by Crippen LogP contribution is 2.33. The third-order valence-electron chi connectivity index (χ3n) is 2.56. The molecule has 2 N–H and O–H groups in total. The van der Waals surface area contributed by atoms with E-state index in [2.05, 4.69) is 31.9 Å². The molecule has 0 saturated heterocycles. The molecule has 0 aliphatic rings. The van der Waals surface area contributed by atoms with Gasteiger partial charge in [0.25, 0.3) is 0 Å². The number of benzene rings is 1. The molecule has 108 valence electrons. The molecule has 0 radical (unpaired) electrons. The highest BCUT2D eigenvalue weighted by molar-refractivity contribution is 9.10. The van der Waals surface area contributed by atoms with E-state index >= 15 is 0 Å². The molecule has 20 heavy (non-hydrogen) atoms. The quantitative estimate of drug-likeness (QED) is 0.696. The second-order valence-electron chi connectivity index (χ2n) is 4.26. The number of ether oxygens (including phenoxy) is 1. The van der Waals surface area contributed by atoms with Crippen LogP contribution in [0.25, 0.3) is 0 Å². The summed E-state index contributed by atoms with van der Waals surface area (Å²) in [6, 6.07) is 3.91. The molecule has 2 aromatic rings. The van der Waals surface area contributed by atoms with E-state index in [0.717, 1.165) is 15.4 Å². The lowest BCUT2D eigenvalue weighted by Gasteiger charge is -2.22. The van der Waals surface area contributed by atoms with E-state index in [1.807, 2.05) is 11.4 Å². The van der Waals surface area contributed by atoms with Gasteiger partial charge in [0.2, 0.25) is 5.82 Å². The van der Waals surface area contributed by atoms with E-state index in [1.165, 1.54) is 17.4 Å². The first kappa shape index (κ1) is 15.9. The van der Waals surface area contributed by atoms with Gasteiger partial charge in [-0.1, -0.05) is 15.9 Å². The fourth-order valence-corrected chi connectivity index (χ4v) is 3.65. The minimum Gasteiger partial charge on any atom is -0.480 e. The summed E-state index contributed by atoms with van der Waals surface area (Å²) >= 11 is 7.90. The number of rotatable bonds is 4. The molecule has 0 fully saturated rings. The summed E-state index contributed by atoms with van der Waals surface area (Å²) in [5.41, 5.74) is 5.89. The second kappa shape index (κ2) is 6.51. The molecule has 0 aliphatic carbocycles. The van der Waals surface area contributed by atoms with E-state index in [0.29, 0.717) is 4.47 Å². The average Bonchev–Trinajstić information content (AvgIpc) is 2.77. The summed E-state index contributed by atoms with van der Waals surface area (Å²) in [6.07, 6.45) is -0.547.